The molecule has 1 aliphatic carbocycles. The van der Waals surface area contributed by atoms with E-state index in [0.29, 0.717) is 55.0 Å². The zero-order valence-electron chi connectivity index (χ0n) is 42.0. The summed E-state index contributed by atoms with van der Waals surface area (Å²) in [6.07, 6.45) is 7.21. The molecule has 6 heterocycles. The summed E-state index contributed by atoms with van der Waals surface area (Å²) in [4.78, 5) is 105. The first kappa shape index (κ1) is 51.5. The Labute approximate surface area is 423 Å². The normalized spacial score (nSPS) is 17.7. The van der Waals surface area contributed by atoms with Crippen molar-refractivity contribution in [3.8, 4) is 22.3 Å². The number of fused-ring (bicyclic) bond motifs is 1. The van der Waals surface area contributed by atoms with Gasteiger partial charge in [-0.05, 0) is 67.9 Å². The molecule has 8 rings (SSSR count). The number of Topliss-reactive ketones (excluding diaryl/α,β-unsaturated/α-hetero) is 1. The van der Waals surface area contributed by atoms with Crippen LogP contribution in [0.1, 0.15) is 124 Å². The first-order chi connectivity index (χ1) is 34.5. The number of hydrogen-bond acceptors (Lipinski definition) is 13. The molecule has 0 spiro atoms. The van der Waals surface area contributed by atoms with Crippen molar-refractivity contribution in [2.45, 2.75) is 130 Å². The molecule has 2 aliphatic heterocycles. The number of nitrogens with zero attached hydrogens (tertiary/aromatic N) is 8. The molecule has 378 valence electrons. The molecule has 4 amide bonds. The number of aliphatic hydroxyl groups excluding tert-OH is 1. The van der Waals surface area contributed by atoms with Crippen molar-refractivity contribution in [3.63, 3.8) is 0 Å². The Kier molecular flexibility index (Phi) is 15.9. The summed E-state index contributed by atoms with van der Waals surface area (Å²) in [7, 11) is 0. The van der Waals surface area contributed by atoms with Crippen molar-refractivity contribution in [1.82, 2.24) is 44.9 Å². The highest BCUT2D eigenvalue weighted by Crippen LogP contribution is 2.33. The molecule has 3 N–H and O–H groups in total. The van der Waals surface area contributed by atoms with Crippen LogP contribution < -0.4 is 21.1 Å². The van der Waals surface area contributed by atoms with Gasteiger partial charge in [0.15, 0.2) is 5.78 Å². The van der Waals surface area contributed by atoms with E-state index in [2.05, 4.69) is 37.3 Å². The average molecular weight is 997 g/mol. The van der Waals surface area contributed by atoms with Crippen LogP contribution in [0.5, 0.6) is 0 Å². The Morgan fingerprint density at radius 3 is 2.32 bits per heavy atom. The van der Waals surface area contributed by atoms with Gasteiger partial charge in [-0.2, -0.15) is 0 Å². The second-order valence-electron chi connectivity index (χ2n) is 20.2. The molecule has 3 fully saturated rings. The number of piperazine rings is 1. The summed E-state index contributed by atoms with van der Waals surface area (Å²) in [5.41, 5.74) is 6.79. The Morgan fingerprint density at radius 2 is 1.67 bits per heavy atom. The van der Waals surface area contributed by atoms with Crippen LogP contribution in [0.15, 0.2) is 59.1 Å². The topological polar surface area (TPSA) is 213 Å². The molecule has 2 saturated heterocycles. The predicted octanol–water partition coefficient (Wildman–Crippen LogP) is 5.47. The Morgan fingerprint density at radius 1 is 0.931 bits per heavy atom. The van der Waals surface area contributed by atoms with Crippen LogP contribution in [-0.4, -0.2) is 120 Å². The van der Waals surface area contributed by atoms with E-state index < -0.39 is 35.4 Å². The number of anilines is 1. The van der Waals surface area contributed by atoms with E-state index in [4.69, 9.17) is 9.97 Å². The SMILES string of the molecule is CC(=O)c1c(C)c2cnc(Cc3ccc(N4CCN(C(=O)CCC#CCC(=O)N[C@H](C(=O)N5C[C@H](O)C[C@H]5C(=O)NCc5ccc(-c6scnc6C)cc5)C(C)(C)C)CC4)cn3)nc2n(C2CCCC2)c1=O. The fourth-order valence-corrected chi connectivity index (χ4v) is 10.8. The number of likely N-dealkylation sites (tertiary alicyclic amines) is 1. The summed E-state index contributed by atoms with van der Waals surface area (Å²) < 4.78 is 1.72. The highest BCUT2D eigenvalue weighted by molar-refractivity contribution is 7.13. The van der Waals surface area contributed by atoms with Gasteiger partial charge in [0, 0.05) is 81.8 Å². The van der Waals surface area contributed by atoms with E-state index in [1.165, 1.54) is 11.8 Å². The van der Waals surface area contributed by atoms with Gasteiger partial charge in [-0.1, -0.05) is 63.8 Å². The van der Waals surface area contributed by atoms with Crippen molar-refractivity contribution in [2.24, 2.45) is 5.41 Å². The molecule has 3 aliphatic rings. The van der Waals surface area contributed by atoms with E-state index >= 15 is 0 Å². The molecule has 0 radical (unpaired) electrons. The number of thiazole rings is 1. The summed E-state index contributed by atoms with van der Waals surface area (Å²) in [6.45, 7) is 13.2. The van der Waals surface area contributed by atoms with Gasteiger partial charge in [0.2, 0.25) is 23.6 Å². The number of benzene rings is 1. The summed E-state index contributed by atoms with van der Waals surface area (Å²) in [5, 5.41) is 17.1. The fourth-order valence-electron chi connectivity index (χ4n) is 10.0. The molecule has 0 bridgehead atoms. The van der Waals surface area contributed by atoms with Crippen LogP contribution in [0.25, 0.3) is 21.5 Å². The second-order valence-corrected chi connectivity index (χ2v) is 21.1. The molecule has 1 aromatic carbocycles. The molecule has 72 heavy (non-hydrogen) atoms. The predicted molar refractivity (Wildman–Crippen MR) is 275 cm³/mol. The zero-order valence-corrected chi connectivity index (χ0v) is 42.8. The number of carbonyl (C=O) groups is 5. The number of aryl methyl sites for hydroxylation is 2. The largest absolute Gasteiger partial charge is 0.391 e. The number of ketones is 1. The van der Waals surface area contributed by atoms with Crippen molar-refractivity contribution >= 4 is 57.5 Å². The number of amides is 4. The maximum Gasteiger partial charge on any atom is 0.263 e. The van der Waals surface area contributed by atoms with Crippen LogP contribution in [0, 0.1) is 31.1 Å². The van der Waals surface area contributed by atoms with Gasteiger partial charge in [0.1, 0.15) is 23.6 Å². The van der Waals surface area contributed by atoms with Crippen LogP contribution in [0.3, 0.4) is 0 Å². The number of carbonyl (C=O) groups excluding carboxylic acids is 5. The molecule has 1 saturated carbocycles. The third kappa shape index (κ3) is 11.7. The molecule has 0 unspecified atom stereocenters. The first-order valence-electron chi connectivity index (χ1n) is 24.9. The minimum atomic E-state index is -0.979. The fraction of sp³-hybridized carbons (Fsp3) is 0.481. The summed E-state index contributed by atoms with van der Waals surface area (Å²) in [5.74, 6) is 4.78. The van der Waals surface area contributed by atoms with E-state index in [0.717, 1.165) is 58.8 Å². The zero-order chi connectivity index (χ0) is 51.3. The maximum atomic E-state index is 14.0. The lowest BCUT2D eigenvalue weighted by molar-refractivity contribution is -0.143. The third-order valence-corrected chi connectivity index (χ3v) is 15.0. The smallest absolute Gasteiger partial charge is 0.263 e. The minimum Gasteiger partial charge on any atom is -0.391 e. The van der Waals surface area contributed by atoms with E-state index in [-0.39, 0.29) is 73.5 Å². The lowest BCUT2D eigenvalue weighted by Crippen LogP contribution is -2.57. The van der Waals surface area contributed by atoms with Gasteiger partial charge < -0.3 is 30.4 Å². The highest BCUT2D eigenvalue weighted by Gasteiger charge is 2.44. The quantitative estimate of drug-likeness (QED) is 0.0935. The molecular weight excluding hydrogens is 933 g/mol. The van der Waals surface area contributed by atoms with Gasteiger partial charge in [-0.15, -0.1) is 17.3 Å². The number of nitrogens with one attached hydrogen (secondary N) is 2. The van der Waals surface area contributed by atoms with Crippen molar-refractivity contribution in [1.29, 1.82) is 0 Å². The standard InChI is InChI=1S/C54H64N10O7S/c1-33-42-30-56-44(59-50(42)64(39-12-10-11-13-39)52(70)47(33)35(3)65)26-38-20-21-40(29-55-38)61-22-24-62(25-23-61)46(68)15-9-7-8-14-45(67)60-49(54(4,5)6)53(71)63-31-41(66)27-43(63)51(69)57-28-36-16-18-37(19-17-36)48-34(2)58-32-72-48/h16-21,29-30,32,39,41,43,49,66H,9-15,22-28,31H2,1-6H3,(H,57,69)(H,60,67)/t41-,43+,49-/m1/s1. The first-order valence-corrected chi connectivity index (χ1v) is 25.7. The monoisotopic (exact) mass is 996 g/mol. The van der Waals surface area contributed by atoms with Crippen LogP contribution in [-0.2, 0) is 32.1 Å². The van der Waals surface area contributed by atoms with Gasteiger partial charge in [-0.3, -0.25) is 38.3 Å². The number of hydrogen-bond donors (Lipinski definition) is 3. The van der Waals surface area contributed by atoms with E-state index in [9.17, 15) is 33.9 Å². The second kappa shape index (κ2) is 22.3. The van der Waals surface area contributed by atoms with Crippen molar-refractivity contribution < 1.29 is 29.1 Å². The molecular formula is C54H64N10O7S. The minimum absolute atomic E-state index is 0.000748. The van der Waals surface area contributed by atoms with Gasteiger partial charge >= 0.3 is 0 Å². The molecule has 17 nitrogen and oxygen atoms in total. The molecule has 5 aromatic rings. The number of aromatic nitrogens is 5. The van der Waals surface area contributed by atoms with Crippen molar-refractivity contribution in [2.75, 3.05) is 37.6 Å². The molecule has 3 atom stereocenters. The Balaban J connectivity index is 0.782. The van der Waals surface area contributed by atoms with Crippen molar-refractivity contribution in [3.05, 3.63) is 98.6 Å². The van der Waals surface area contributed by atoms with Crippen LogP contribution in [0.4, 0.5) is 5.69 Å². The molecule has 18 heteroatoms. The number of pyridine rings is 2. The highest BCUT2D eigenvalue weighted by atomic mass is 32.1. The maximum absolute atomic E-state index is 14.0. The lowest BCUT2D eigenvalue weighted by Gasteiger charge is -2.36. The van der Waals surface area contributed by atoms with Crippen LogP contribution in [0.2, 0.25) is 0 Å². The summed E-state index contributed by atoms with van der Waals surface area (Å²) in [6, 6.07) is 9.92. The summed E-state index contributed by atoms with van der Waals surface area (Å²) >= 11 is 1.57. The Bertz CT molecular complexity index is 2960. The van der Waals surface area contributed by atoms with E-state index in [1.807, 2.05) is 80.7 Å². The number of β-amino-alcohol motifs (C(OH)–C–C–N with tert-alkyl or cyclic N) is 1. The molecule has 4 aromatic heterocycles. The average Bonchev–Trinajstić information content (AvgIpc) is 4.14. The van der Waals surface area contributed by atoms with Gasteiger partial charge in [0.05, 0.1) is 52.5 Å². The van der Waals surface area contributed by atoms with Gasteiger partial charge in [0.25, 0.3) is 5.56 Å². The number of rotatable bonds is 14. The Hall–Kier alpha value is -6.84. The van der Waals surface area contributed by atoms with E-state index in [1.54, 1.807) is 29.0 Å². The van der Waals surface area contributed by atoms with Crippen LogP contribution >= 0.6 is 11.3 Å². The van der Waals surface area contributed by atoms with Gasteiger partial charge in [-0.25, -0.2) is 15.0 Å². The third-order valence-electron chi connectivity index (χ3n) is 14.0. The number of aliphatic hydroxyl groups is 1. The lowest BCUT2D eigenvalue weighted by atomic mass is 9.85.